The van der Waals surface area contributed by atoms with Crippen LogP contribution in [0, 0.1) is 0 Å². The monoisotopic (exact) mass is 274 g/mol. The topological polar surface area (TPSA) is 92.3 Å². The highest BCUT2D eigenvalue weighted by Gasteiger charge is 2.13. The molecule has 0 saturated heterocycles. The van der Waals surface area contributed by atoms with Gasteiger partial charge in [-0.2, -0.15) is 0 Å². The molecule has 0 spiro atoms. The van der Waals surface area contributed by atoms with Gasteiger partial charge in [-0.3, -0.25) is 4.79 Å². The van der Waals surface area contributed by atoms with E-state index in [-0.39, 0.29) is 11.9 Å². The fourth-order valence-corrected chi connectivity index (χ4v) is 1.70. The highest BCUT2D eigenvalue weighted by molar-refractivity contribution is 5.86. The molecule has 6 heteroatoms. The third kappa shape index (κ3) is 2.85. The van der Waals surface area contributed by atoms with E-state index in [9.17, 15) is 9.59 Å². The van der Waals surface area contributed by atoms with Crippen molar-refractivity contribution < 1.29 is 14.6 Å². The molecule has 0 aliphatic rings. The van der Waals surface area contributed by atoms with E-state index in [1.807, 2.05) is 19.9 Å². The van der Waals surface area contributed by atoms with E-state index < -0.39 is 17.1 Å². The molecule has 0 fully saturated rings. The van der Waals surface area contributed by atoms with Crippen LogP contribution in [0.1, 0.15) is 24.2 Å². The Morgan fingerprint density at radius 3 is 2.65 bits per heavy atom. The lowest BCUT2D eigenvalue weighted by atomic mass is 10.2. The first-order chi connectivity index (χ1) is 9.49. The number of nitrogens with zero attached hydrogens (tertiary/aromatic N) is 1. The van der Waals surface area contributed by atoms with Gasteiger partial charge in [-0.15, -0.1) is 0 Å². The van der Waals surface area contributed by atoms with Crippen molar-refractivity contribution in [3.63, 3.8) is 0 Å². The third-order valence-corrected chi connectivity index (χ3v) is 2.53. The van der Waals surface area contributed by atoms with Gasteiger partial charge >= 0.3 is 5.97 Å². The number of para-hydroxylation sites is 1. The molecule has 0 radical (unpaired) electrons. The number of aromatic nitrogens is 2. The Morgan fingerprint density at radius 2 is 2.05 bits per heavy atom. The molecular formula is C14H14N2O4. The summed E-state index contributed by atoms with van der Waals surface area (Å²) in [6.07, 6.45) is 1.02. The summed E-state index contributed by atoms with van der Waals surface area (Å²) in [5, 5.41) is 8.82. The molecule has 0 saturated carbocycles. The zero-order valence-electron chi connectivity index (χ0n) is 11.1. The molecule has 0 atom stereocenters. The Bertz CT molecular complexity index is 692. The second-order valence-corrected chi connectivity index (χ2v) is 4.44. The minimum absolute atomic E-state index is 0.0267. The van der Waals surface area contributed by atoms with Crippen molar-refractivity contribution in [1.29, 1.82) is 0 Å². The molecule has 1 aromatic carbocycles. The van der Waals surface area contributed by atoms with Crippen LogP contribution in [0.5, 0.6) is 5.75 Å². The van der Waals surface area contributed by atoms with Crippen LogP contribution in [0.4, 0.5) is 0 Å². The minimum Gasteiger partial charge on any atom is -0.490 e. The molecule has 1 aromatic heterocycles. The van der Waals surface area contributed by atoms with Gasteiger partial charge in [0.05, 0.1) is 11.7 Å². The number of hydrogen-bond donors (Lipinski definition) is 2. The van der Waals surface area contributed by atoms with Gasteiger partial charge in [0.1, 0.15) is 17.1 Å². The molecule has 2 rings (SSSR count). The first kappa shape index (κ1) is 13.8. The van der Waals surface area contributed by atoms with Crippen molar-refractivity contribution in [2.24, 2.45) is 0 Å². The maximum atomic E-state index is 11.7. The second kappa shape index (κ2) is 5.56. The molecule has 2 N–H and O–H groups in total. The first-order valence-corrected chi connectivity index (χ1v) is 6.07. The van der Waals surface area contributed by atoms with Crippen LogP contribution in [0.2, 0.25) is 0 Å². The largest absolute Gasteiger partial charge is 0.490 e. The van der Waals surface area contributed by atoms with Gasteiger partial charge in [-0.05, 0) is 26.0 Å². The van der Waals surface area contributed by atoms with Crippen molar-refractivity contribution in [1.82, 2.24) is 9.97 Å². The number of rotatable bonds is 4. The number of H-pyrrole nitrogens is 1. The zero-order chi connectivity index (χ0) is 14.7. The van der Waals surface area contributed by atoms with E-state index in [1.54, 1.807) is 18.2 Å². The second-order valence-electron chi connectivity index (χ2n) is 4.44. The smallest absolute Gasteiger partial charge is 0.342 e. The lowest BCUT2D eigenvalue weighted by Gasteiger charge is -2.13. The minimum atomic E-state index is -1.31. The van der Waals surface area contributed by atoms with E-state index in [0.717, 1.165) is 6.20 Å². The average Bonchev–Trinajstić information content (AvgIpc) is 2.38. The zero-order valence-corrected chi connectivity index (χ0v) is 11.1. The number of ether oxygens (including phenoxy) is 1. The summed E-state index contributed by atoms with van der Waals surface area (Å²) in [4.78, 5) is 28.9. The number of nitrogens with one attached hydrogen (secondary N) is 1. The fraction of sp³-hybridized carbons (Fsp3) is 0.214. The molecule has 0 unspecified atom stereocenters. The van der Waals surface area contributed by atoms with Crippen molar-refractivity contribution in [2.75, 3.05) is 0 Å². The number of carboxylic acid groups (broad SMARTS) is 1. The summed E-state index contributed by atoms with van der Waals surface area (Å²) in [5.41, 5.74) is -0.479. The molecular weight excluding hydrogens is 260 g/mol. The summed E-state index contributed by atoms with van der Waals surface area (Å²) in [6.45, 7) is 3.78. The van der Waals surface area contributed by atoms with Crippen LogP contribution in [0.3, 0.4) is 0 Å². The van der Waals surface area contributed by atoms with Crippen LogP contribution < -0.4 is 10.3 Å². The van der Waals surface area contributed by atoms with Crippen molar-refractivity contribution in [3.8, 4) is 17.1 Å². The molecule has 0 bridgehead atoms. The molecule has 0 aliphatic heterocycles. The van der Waals surface area contributed by atoms with Crippen LogP contribution in [0.15, 0.2) is 35.3 Å². The predicted octanol–water partition coefficient (Wildman–Crippen LogP) is 1.92. The Labute approximate surface area is 115 Å². The predicted molar refractivity (Wildman–Crippen MR) is 73.0 cm³/mol. The molecule has 2 aromatic rings. The van der Waals surface area contributed by atoms with E-state index in [2.05, 4.69) is 9.97 Å². The number of hydrogen-bond acceptors (Lipinski definition) is 4. The Hall–Kier alpha value is -2.63. The molecule has 104 valence electrons. The first-order valence-electron chi connectivity index (χ1n) is 6.07. The van der Waals surface area contributed by atoms with E-state index in [1.165, 1.54) is 0 Å². The van der Waals surface area contributed by atoms with Gasteiger partial charge in [0.2, 0.25) is 0 Å². The quantitative estimate of drug-likeness (QED) is 0.888. The lowest BCUT2D eigenvalue weighted by molar-refractivity contribution is 0.0694. The van der Waals surface area contributed by atoms with Crippen molar-refractivity contribution in [3.05, 3.63) is 46.4 Å². The summed E-state index contributed by atoms with van der Waals surface area (Å²) < 4.78 is 5.64. The summed E-state index contributed by atoms with van der Waals surface area (Å²) in [6, 6.07) is 7.11. The van der Waals surface area contributed by atoms with Crippen molar-refractivity contribution >= 4 is 5.97 Å². The SMILES string of the molecule is CC(C)Oc1ccccc1-c1ncc(C(=O)O)c(=O)[nH]1. The van der Waals surface area contributed by atoms with Crippen LogP contribution in [-0.2, 0) is 0 Å². The Balaban J connectivity index is 2.49. The third-order valence-electron chi connectivity index (χ3n) is 2.53. The number of aromatic amines is 1. The number of carboxylic acids is 1. The van der Waals surface area contributed by atoms with Crippen LogP contribution in [0.25, 0.3) is 11.4 Å². The van der Waals surface area contributed by atoms with Gasteiger partial charge in [-0.25, -0.2) is 9.78 Å². The van der Waals surface area contributed by atoms with Gasteiger partial charge in [0.15, 0.2) is 0 Å². The van der Waals surface area contributed by atoms with Gasteiger partial charge < -0.3 is 14.8 Å². The highest BCUT2D eigenvalue weighted by Crippen LogP contribution is 2.27. The normalized spacial score (nSPS) is 10.6. The molecule has 6 nitrogen and oxygen atoms in total. The highest BCUT2D eigenvalue weighted by atomic mass is 16.5. The van der Waals surface area contributed by atoms with Crippen LogP contribution in [-0.4, -0.2) is 27.1 Å². The number of carbonyl (C=O) groups is 1. The summed E-state index contributed by atoms with van der Waals surface area (Å²) in [7, 11) is 0. The fourth-order valence-electron chi connectivity index (χ4n) is 1.70. The molecule has 0 aliphatic carbocycles. The molecule has 1 heterocycles. The standard InChI is InChI=1S/C14H14N2O4/c1-8(2)20-11-6-4-3-5-9(11)12-15-7-10(14(18)19)13(17)16-12/h3-8H,1-2H3,(H,18,19)(H,15,16,17). The maximum absolute atomic E-state index is 11.7. The maximum Gasteiger partial charge on any atom is 0.342 e. The van der Waals surface area contributed by atoms with E-state index >= 15 is 0 Å². The number of aromatic carboxylic acids is 1. The van der Waals surface area contributed by atoms with Crippen LogP contribution >= 0.6 is 0 Å². The molecule has 20 heavy (non-hydrogen) atoms. The van der Waals surface area contributed by atoms with E-state index in [0.29, 0.717) is 11.3 Å². The number of benzene rings is 1. The Morgan fingerprint density at radius 1 is 1.35 bits per heavy atom. The lowest BCUT2D eigenvalue weighted by Crippen LogP contribution is -2.19. The van der Waals surface area contributed by atoms with E-state index in [4.69, 9.17) is 9.84 Å². The summed E-state index contributed by atoms with van der Waals surface area (Å²) in [5.74, 6) is -0.456. The average molecular weight is 274 g/mol. The van der Waals surface area contributed by atoms with Gasteiger partial charge in [-0.1, -0.05) is 12.1 Å². The van der Waals surface area contributed by atoms with Gasteiger partial charge in [0.25, 0.3) is 5.56 Å². The summed E-state index contributed by atoms with van der Waals surface area (Å²) >= 11 is 0. The van der Waals surface area contributed by atoms with Crippen molar-refractivity contribution in [2.45, 2.75) is 20.0 Å². The molecule has 0 amide bonds. The van der Waals surface area contributed by atoms with Gasteiger partial charge in [0, 0.05) is 6.20 Å². The Kier molecular flexibility index (Phi) is 3.84.